The summed E-state index contributed by atoms with van der Waals surface area (Å²) in [5.41, 5.74) is 1.22. The van der Waals surface area contributed by atoms with Crippen molar-refractivity contribution in [3.8, 4) is 5.75 Å². The summed E-state index contributed by atoms with van der Waals surface area (Å²) in [6.07, 6.45) is 1.03. The lowest BCUT2D eigenvalue weighted by atomic mass is 10.0. The second kappa shape index (κ2) is 5.40. The van der Waals surface area contributed by atoms with E-state index in [1.54, 1.807) is 0 Å². The third kappa shape index (κ3) is 2.74. The van der Waals surface area contributed by atoms with E-state index in [0.29, 0.717) is 0 Å². The van der Waals surface area contributed by atoms with Crippen LogP contribution >= 0.6 is 15.9 Å². The van der Waals surface area contributed by atoms with Gasteiger partial charge in [-0.1, -0.05) is 32.9 Å². The van der Waals surface area contributed by atoms with Gasteiger partial charge in [0.25, 0.3) is 0 Å². The third-order valence-corrected chi connectivity index (χ3v) is 2.78. The Balaban J connectivity index is 2.89. The monoisotopic (exact) mass is 255 g/mol. The van der Waals surface area contributed by atoms with Crippen molar-refractivity contribution in [1.82, 2.24) is 0 Å². The van der Waals surface area contributed by atoms with E-state index in [4.69, 9.17) is 4.74 Å². The summed E-state index contributed by atoms with van der Waals surface area (Å²) < 4.78 is 6.68. The summed E-state index contributed by atoms with van der Waals surface area (Å²) >= 11 is 3.57. The van der Waals surface area contributed by atoms with Crippen LogP contribution in [0.1, 0.15) is 32.8 Å². The molecule has 0 N–H and O–H groups in total. The van der Waals surface area contributed by atoms with Gasteiger partial charge in [-0.05, 0) is 34.0 Å². The molecule has 2 heteroatoms. The average molecular weight is 256 g/mol. The number of benzene rings is 1. The molecule has 1 rings (SSSR count). The van der Waals surface area contributed by atoms with E-state index in [9.17, 15) is 0 Å². The maximum atomic E-state index is 5.62. The van der Waals surface area contributed by atoms with Crippen molar-refractivity contribution in [2.45, 2.75) is 27.2 Å². The fraction of sp³-hybridized carbons (Fsp3) is 0.417. The van der Waals surface area contributed by atoms with Crippen LogP contribution in [0, 0.1) is 5.92 Å². The molecule has 1 aromatic rings. The normalized spacial score (nSPS) is 10.6. The molecule has 0 unspecified atom stereocenters. The first-order valence-electron chi connectivity index (χ1n) is 4.88. The smallest absolute Gasteiger partial charge is 0.133 e. The topological polar surface area (TPSA) is 9.23 Å². The van der Waals surface area contributed by atoms with E-state index in [2.05, 4.69) is 42.8 Å². The van der Waals surface area contributed by atoms with Crippen LogP contribution in [0.25, 0.3) is 0 Å². The van der Waals surface area contributed by atoms with Crippen LogP contribution < -0.4 is 4.74 Å². The highest BCUT2D eigenvalue weighted by Crippen LogP contribution is 2.32. The predicted molar refractivity (Wildman–Crippen MR) is 63.6 cm³/mol. The molecule has 0 fully saturated rings. The highest BCUT2D eigenvalue weighted by atomic mass is 79.9. The lowest BCUT2D eigenvalue weighted by Gasteiger charge is -2.12. The second-order valence-corrected chi connectivity index (χ2v) is 4.26. The molecule has 1 radical (unpaired) electrons. The standard InChI is InChI=1S/C12H16BrO/c1-4-8-14-11-7-5-6-10(9(2)3)12(11)13/h5-7H,4,8H2,1-3H3. The second-order valence-electron chi connectivity index (χ2n) is 3.47. The molecule has 0 aliphatic carbocycles. The van der Waals surface area contributed by atoms with Crippen LogP contribution in [0.3, 0.4) is 0 Å². The van der Waals surface area contributed by atoms with Gasteiger partial charge in [-0.25, -0.2) is 0 Å². The van der Waals surface area contributed by atoms with Crippen molar-refractivity contribution in [1.29, 1.82) is 0 Å². The predicted octanol–water partition coefficient (Wildman–Crippen LogP) is 4.20. The van der Waals surface area contributed by atoms with Crippen LogP contribution in [-0.4, -0.2) is 6.61 Å². The summed E-state index contributed by atoms with van der Waals surface area (Å²) in [6.45, 7) is 7.08. The average Bonchev–Trinajstić information content (AvgIpc) is 2.16. The van der Waals surface area contributed by atoms with Crippen LogP contribution in [0.5, 0.6) is 5.75 Å². The SMILES string of the molecule is CCCOc1cccc([C](C)C)c1Br. The first-order valence-corrected chi connectivity index (χ1v) is 5.68. The fourth-order valence-electron chi connectivity index (χ4n) is 1.22. The summed E-state index contributed by atoms with van der Waals surface area (Å²) in [7, 11) is 0. The van der Waals surface area contributed by atoms with Crippen molar-refractivity contribution in [3.05, 3.63) is 34.2 Å². The van der Waals surface area contributed by atoms with Crippen molar-refractivity contribution in [2.75, 3.05) is 6.61 Å². The van der Waals surface area contributed by atoms with Crippen LogP contribution in [0.4, 0.5) is 0 Å². The van der Waals surface area contributed by atoms with Gasteiger partial charge in [-0.15, -0.1) is 0 Å². The van der Waals surface area contributed by atoms with E-state index < -0.39 is 0 Å². The number of rotatable bonds is 4. The zero-order chi connectivity index (χ0) is 10.6. The number of halogens is 1. The lowest BCUT2D eigenvalue weighted by molar-refractivity contribution is 0.315. The Labute approximate surface area is 94.6 Å². The Kier molecular flexibility index (Phi) is 4.46. The maximum Gasteiger partial charge on any atom is 0.133 e. The van der Waals surface area contributed by atoms with Crippen molar-refractivity contribution >= 4 is 15.9 Å². The number of ether oxygens (including phenoxy) is 1. The van der Waals surface area contributed by atoms with Gasteiger partial charge in [0.1, 0.15) is 5.75 Å². The molecule has 77 valence electrons. The highest BCUT2D eigenvalue weighted by Gasteiger charge is 2.09. The fourth-order valence-corrected chi connectivity index (χ4v) is 2.00. The van der Waals surface area contributed by atoms with Gasteiger partial charge < -0.3 is 4.74 Å². The van der Waals surface area contributed by atoms with Crippen molar-refractivity contribution in [2.24, 2.45) is 0 Å². The minimum absolute atomic E-state index is 0.769. The van der Waals surface area contributed by atoms with E-state index in [0.717, 1.165) is 23.2 Å². The molecule has 0 atom stereocenters. The molecular weight excluding hydrogens is 240 g/mol. The molecule has 0 saturated carbocycles. The summed E-state index contributed by atoms with van der Waals surface area (Å²) in [5.74, 6) is 2.23. The van der Waals surface area contributed by atoms with Gasteiger partial charge in [0, 0.05) is 5.92 Å². The van der Waals surface area contributed by atoms with E-state index in [1.165, 1.54) is 11.5 Å². The Morgan fingerprint density at radius 3 is 2.64 bits per heavy atom. The van der Waals surface area contributed by atoms with Crippen LogP contribution in [0.15, 0.2) is 22.7 Å². The van der Waals surface area contributed by atoms with Gasteiger partial charge in [0.2, 0.25) is 0 Å². The van der Waals surface area contributed by atoms with Gasteiger partial charge in [0.05, 0.1) is 11.1 Å². The van der Waals surface area contributed by atoms with E-state index in [-0.39, 0.29) is 0 Å². The molecule has 0 bridgehead atoms. The quantitative estimate of drug-likeness (QED) is 0.784. The minimum atomic E-state index is 0.769. The van der Waals surface area contributed by atoms with Gasteiger partial charge in [0.15, 0.2) is 0 Å². The van der Waals surface area contributed by atoms with Crippen LogP contribution in [-0.2, 0) is 0 Å². The first kappa shape index (κ1) is 11.6. The molecule has 0 aromatic heterocycles. The molecule has 1 aromatic carbocycles. The number of hydrogen-bond acceptors (Lipinski definition) is 1. The van der Waals surface area contributed by atoms with Crippen molar-refractivity contribution in [3.63, 3.8) is 0 Å². The molecule has 0 saturated heterocycles. The van der Waals surface area contributed by atoms with E-state index >= 15 is 0 Å². The molecular formula is C12H16BrO. The molecule has 14 heavy (non-hydrogen) atoms. The Bertz CT molecular complexity index is 294. The molecule has 0 heterocycles. The Morgan fingerprint density at radius 2 is 2.07 bits per heavy atom. The molecule has 0 spiro atoms. The summed E-state index contributed by atoms with van der Waals surface area (Å²) in [5, 5.41) is 0. The largest absolute Gasteiger partial charge is 0.492 e. The maximum absolute atomic E-state index is 5.62. The molecule has 0 aliphatic rings. The van der Waals surface area contributed by atoms with Crippen LogP contribution in [0.2, 0.25) is 0 Å². The summed E-state index contributed by atoms with van der Waals surface area (Å²) in [6, 6.07) is 6.11. The third-order valence-electron chi connectivity index (χ3n) is 1.96. The minimum Gasteiger partial charge on any atom is -0.492 e. The zero-order valence-corrected chi connectivity index (χ0v) is 10.5. The van der Waals surface area contributed by atoms with Gasteiger partial charge >= 0.3 is 0 Å². The van der Waals surface area contributed by atoms with Gasteiger partial charge in [-0.2, -0.15) is 0 Å². The molecule has 0 aliphatic heterocycles. The van der Waals surface area contributed by atoms with Crippen molar-refractivity contribution < 1.29 is 4.74 Å². The Hall–Kier alpha value is -0.500. The first-order chi connectivity index (χ1) is 6.66. The van der Waals surface area contributed by atoms with Gasteiger partial charge in [-0.3, -0.25) is 0 Å². The molecule has 1 nitrogen and oxygen atoms in total. The highest BCUT2D eigenvalue weighted by molar-refractivity contribution is 9.10. The van der Waals surface area contributed by atoms with E-state index in [1.807, 2.05) is 12.1 Å². The Morgan fingerprint density at radius 1 is 1.36 bits per heavy atom. The lowest BCUT2D eigenvalue weighted by Crippen LogP contribution is -1.98. The zero-order valence-electron chi connectivity index (χ0n) is 8.93. The molecule has 0 amide bonds. The number of hydrogen-bond donors (Lipinski definition) is 0. The summed E-state index contributed by atoms with van der Waals surface area (Å²) in [4.78, 5) is 0.